The van der Waals surface area contributed by atoms with Crippen molar-refractivity contribution >= 4 is 28.7 Å². The van der Waals surface area contributed by atoms with Gasteiger partial charge in [-0.2, -0.15) is 0 Å². The SMILES string of the molecule is COc1ccc(/C=C/C(=O)OCC(=O)c2c(-c3ccccc3)[nH]c3ccccc23)cc1. The molecular weight excluding hydrogens is 390 g/mol. The molecule has 0 saturated heterocycles. The number of para-hydroxylation sites is 1. The number of hydrogen-bond acceptors (Lipinski definition) is 4. The molecule has 0 amide bonds. The Morgan fingerprint density at radius 3 is 2.35 bits per heavy atom. The second kappa shape index (κ2) is 9.13. The highest BCUT2D eigenvalue weighted by Crippen LogP contribution is 2.30. The molecule has 0 fully saturated rings. The zero-order valence-corrected chi connectivity index (χ0v) is 17.0. The lowest BCUT2D eigenvalue weighted by molar-refractivity contribution is -0.136. The predicted molar refractivity (Wildman–Crippen MR) is 121 cm³/mol. The van der Waals surface area contributed by atoms with Gasteiger partial charge in [-0.05, 0) is 35.4 Å². The Bertz CT molecular complexity index is 1240. The van der Waals surface area contributed by atoms with Crippen molar-refractivity contribution in [1.29, 1.82) is 0 Å². The molecule has 0 radical (unpaired) electrons. The van der Waals surface area contributed by atoms with Crippen molar-refractivity contribution in [2.45, 2.75) is 0 Å². The van der Waals surface area contributed by atoms with Crippen molar-refractivity contribution in [2.24, 2.45) is 0 Å². The molecule has 5 nitrogen and oxygen atoms in total. The summed E-state index contributed by atoms with van der Waals surface area (Å²) in [6, 6.07) is 24.5. The van der Waals surface area contributed by atoms with Gasteiger partial charge in [0.25, 0.3) is 0 Å². The molecule has 154 valence electrons. The monoisotopic (exact) mass is 411 g/mol. The number of aromatic nitrogens is 1. The second-order valence-corrected chi connectivity index (χ2v) is 6.92. The Morgan fingerprint density at radius 1 is 0.903 bits per heavy atom. The number of rotatable bonds is 7. The summed E-state index contributed by atoms with van der Waals surface area (Å²) in [6.07, 6.45) is 2.94. The molecule has 3 aromatic carbocycles. The number of nitrogens with one attached hydrogen (secondary N) is 1. The Kier molecular flexibility index (Phi) is 5.94. The highest BCUT2D eigenvalue weighted by molar-refractivity contribution is 6.14. The van der Waals surface area contributed by atoms with E-state index in [1.54, 1.807) is 25.3 Å². The number of H-pyrrole nitrogens is 1. The molecule has 31 heavy (non-hydrogen) atoms. The molecular formula is C26H21NO4. The third kappa shape index (κ3) is 4.56. The van der Waals surface area contributed by atoms with Crippen molar-refractivity contribution in [2.75, 3.05) is 13.7 Å². The van der Waals surface area contributed by atoms with Crippen molar-refractivity contribution in [3.05, 3.63) is 96.1 Å². The Balaban J connectivity index is 1.50. The molecule has 0 spiro atoms. The summed E-state index contributed by atoms with van der Waals surface area (Å²) in [5, 5.41) is 0.802. The fraction of sp³-hybridized carbons (Fsp3) is 0.0769. The van der Waals surface area contributed by atoms with Crippen LogP contribution in [0.3, 0.4) is 0 Å². The summed E-state index contributed by atoms with van der Waals surface area (Å²) in [7, 11) is 1.59. The fourth-order valence-electron chi connectivity index (χ4n) is 3.39. The first kappa shape index (κ1) is 20.2. The number of hydrogen-bond donors (Lipinski definition) is 1. The van der Waals surface area contributed by atoms with Gasteiger partial charge in [0.1, 0.15) is 5.75 Å². The van der Waals surface area contributed by atoms with Crippen molar-refractivity contribution in [1.82, 2.24) is 4.98 Å². The number of ketones is 1. The van der Waals surface area contributed by atoms with Gasteiger partial charge in [-0.3, -0.25) is 4.79 Å². The molecule has 0 saturated carbocycles. The number of ether oxygens (including phenoxy) is 2. The average molecular weight is 411 g/mol. The standard InChI is InChI=1S/C26H21NO4/c1-30-20-14-11-18(12-15-20)13-16-24(29)31-17-23(28)25-21-9-5-6-10-22(21)27-26(25)19-7-3-2-4-8-19/h2-16,27H,17H2,1H3/b16-13+. The molecule has 1 N–H and O–H groups in total. The van der Waals surface area contributed by atoms with Crippen LogP contribution in [0.4, 0.5) is 0 Å². The molecule has 0 aliphatic heterocycles. The molecule has 0 unspecified atom stereocenters. The van der Waals surface area contributed by atoms with Crippen LogP contribution in [0.5, 0.6) is 5.75 Å². The highest BCUT2D eigenvalue weighted by Gasteiger charge is 2.20. The van der Waals surface area contributed by atoms with Gasteiger partial charge < -0.3 is 14.5 Å². The average Bonchev–Trinajstić information content (AvgIpc) is 3.22. The third-order valence-electron chi connectivity index (χ3n) is 4.92. The largest absolute Gasteiger partial charge is 0.497 e. The van der Waals surface area contributed by atoms with Gasteiger partial charge in [0.15, 0.2) is 6.61 Å². The topological polar surface area (TPSA) is 68.4 Å². The lowest BCUT2D eigenvalue weighted by atomic mass is 10.0. The van der Waals surface area contributed by atoms with E-state index in [0.717, 1.165) is 33.5 Å². The Hall–Kier alpha value is -4.12. The molecule has 1 heterocycles. The molecule has 5 heteroatoms. The smallest absolute Gasteiger partial charge is 0.331 e. The minimum atomic E-state index is -0.578. The van der Waals surface area contributed by atoms with E-state index in [1.165, 1.54) is 6.08 Å². The van der Waals surface area contributed by atoms with Crippen LogP contribution in [0.2, 0.25) is 0 Å². The number of Topliss-reactive ketones (excluding diaryl/α,β-unsaturated/α-hetero) is 1. The number of benzene rings is 3. The maximum absolute atomic E-state index is 13.0. The van der Waals surface area contributed by atoms with Crippen molar-refractivity contribution < 1.29 is 19.1 Å². The molecule has 0 atom stereocenters. The van der Waals surface area contributed by atoms with E-state index >= 15 is 0 Å². The molecule has 1 aromatic heterocycles. The quantitative estimate of drug-likeness (QED) is 0.255. The summed E-state index contributed by atoms with van der Waals surface area (Å²) in [6.45, 7) is -0.340. The van der Waals surface area contributed by atoms with E-state index in [9.17, 15) is 9.59 Å². The number of aromatic amines is 1. The first-order valence-electron chi connectivity index (χ1n) is 9.84. The fourth-order valence-corrected chi connectivity index (χ4v) is 3.39. The van der Waals surface area contributed by atoms with E-state index in [0.29, 0.717) is 5.56 Å². The zero-order valence-electron chi connectivity index (χ0n) is 17.0. The number of methoxy groups -OCH3 is 1. The number of fused-ring (bicyclic) bond motifs is 1. The van der Waals surface area contributed by atoms with Gasteiger partial charge in [0, 0.05) is 17.0 Å². The van der Waals surface area contributed by atoms with E-state index in [4.69, 9.17) is 9.47 Å². The van der Waals surface area contributed by atoms with Crippen LogP contribution in [0.25, 0.3) is 28.2 Å². The van der Waals surface area contributed by atoms with Gasteiger partial charge in [-0.15, -0.1) is 0 Å². The van der Waals surface area contributed by atoms with Gasteiger partial charge in [-0.1, -0.05) is 60.7 Å². The molecule has 4 rings (SSSR count). The maximum Gasteiger partial charge on any atom is 0.331 e. The van der Waals surface area contributed by atoms with Crippen molar-refractivity contribution in [3.8, 4) is 17.0 Å². The summed E-state index contributed by atoms with van der Waals surface area (Å²) >= 11 is 0. The lowest BCUT2D eigenvalue weighted by Gasteiger charge is -2.05. The first-order valence-corrected chi connectivity index (χ1v) is 9.84. The summed E-state index contributed by atoms with van der Waals surface area (Å²) in [5.74, 6) is -0.106. The molecule has 4 aromatic rings. The van der Waals surface area contributed by atoms with Crippen LogP contribution in [-0.4, -0.2) is 30.5 Å². The van der Waals surface area contributed by atoms with Crippen LogP contribution < -0.4 is 4.74 Å². The van der Waals surface area contributed by atoms with Crippen LogP contribution in [-0.2, 0) is 9.53 Å². The molecule has 0 bridgehead atoms. The lowest BCUT2D eigenvalue weighted by Crippen LogP contribution is -2.13. The van der Waals surface area contributed by atoms with E-state index < -0.39 is 5.97 Å². The molecule has 0 aliphatic carbocycles. The third-order valence-corrected chi connectivity index (χ3v) is 4.92. The van der Waals surface area contributed by atoms with E-state index in [-0.39, 0.29) is 12.4 Å². The van der Waals surface area contributed by atoms with Crippen LogP contribution >= 0.6 is 0 Å². The van der Waals surface area contributed by atoms with E-state index in [1.807, 2.05) is 66.7 Å². The number of carbonyl (C=O) groups is 2. The molecule has 0 aliphatic rings. The normalized spacial score (nSPS) is 11.0. The maximum atomic E-state index is 13.0. The summed E-state index contributed by atoms with van der Waals surface area (Å²) < 4.78 is 10.3. The minimum Gasteiger partial charge on any atom is -0.497 e. The highest BCUT2D eigenvalue weighted by atomic mass is 16.5. The van der Waals surface area contributed by atoms with Crippen LogP contribution in [0.15, 0.2) is 84.9 Å². The predicted octanol–water partition coefficient (Wildman–Crippen LogP) is 5.28. The van der Waals surface area contributed by atoms with Crippen molar-refractivity contribution in [3.63, 3.8) is 0 Å². The van der Waals surface area contributed by atoms with Gasteiger partial charge in [0.2, 0.25) is 5.78 Å². The number of esters is 1. The zero-order chi connectivity index (χ0) is 21.6. The minimum absolute atomic E-state index is 0.262. The Labute approximate surface area is 179 Å². The second-order valence-electron chi connectivity index (χ2n) is 6.92. The van der Waals surface area contributed by atoms with Crippen LogP contribution in [0.1, 0.15) is 15.9 Å². The summed E-state index contributed by atoms with van der Waals surface area (Å²) in [5.41, 5.74) is 3.82. The van der Waals surface area contributed by atoms with Crippen LogP contribution in [0, 0.1) is 0 Å². The van der Waals surface area contributed by atoms with E-state index in [2.05, 4.69) is 4.98 Å². The summed E-state index contributed by atoms with van der Waals surface area (Å²) in [4.78, 5) is 28.5. The van der Waals surface area contributed by atoms with Gasteiger partial charge in [0.05, 0.1) is 18.4 Å². The van der Waals surface area contributed by atoms with Gasteiger partial charge >= 0.3 is 5.97 Å². The first-order chi connectivity index (χ1) is 15.2. The Morgan fingerprint density at radius 2 is 1.61 bits per heavy atom. The van der Waals surface area contributed by atoms with Gasteiger partial charge in [-0.25, -0.2) is 4.79 Å². The number of carbonyl (C=O) groups excluding carboxylic acids is 2.